The minimum Gasteiger partial charge on any atom is -0.397 e. The first kappa shape index (κ1) is 15.8. The first-order valence-electron chi connectivity index (χ1n) is 6.79. The molecule has 0 saturated heterocycles. The number of aliphatic hydroxyl groups is 2. The van der Waals surface area contributed by atoms with Gasteiger partial charge in [0.2, 0.25) is 0 Å². The minimum atomic E-state index is -1.02. The molecule has 1 aromatic carbocycles. The number of carbonyl (C=O) groups excluding carboxylic acids is 1. The second-order valence-corrected chi connectivity index (χ2v) is 6.30. The van der Waals surface area contributed by atoms with E-state index >= 15 is 0 Å². The summed E-state index contributed by atoms with van der Waals surface area (Å²) in [5.41, 5.74) is 6.58. The Bertz CT molecular complexity index is 654. The zero-order valence-electron chi connectivity index (χ0n) is 12.1. The van der Waals surface area contributed by atoms with Crippen LogP contribution in [0.25, 0.3) is 10.1 Å². The number of thiophene rings is 1. The van der Waals surface area contributed by atoms with Gasteiger partial charge >= 0.3 is 0 Å². The summed E-state index contributed by atoms with van der Waals surface area (Å²) in [6.07, 6.45) is 0.426. The van der Waals surface area contributed by atoms with Crippen molar-refractivity contribution in [2.24, 2.45) is 0 Å². The largest absolute Gasteiger partial charge is 0.397 e. The van der Waals surface area contributed by atoms with Gasteiger partial charge in [0, 0.05) is 10.1 Å². The van der Waals surface area contributed by atoms with Crippen LogP contribution in [0.3, 0.4) is 0 Å². The Balaban J connectivity index is 2.38. The van der Waals surface area contributed by atoms with Crippen molar-refractivity contribution < 1.29 is 15.0 Å². The van der Waals surface area contributed by atoms with Gasteiger partial charge in [0.15, 0.2) is 0 Å². The Labute approximate surface area is 127 Å². The molecule has 0 atom stereocenters. The van der Waals surface area contributed by atoms with Crippen LogP contribution in [0.15, 0.2) is 18.2 Å². The summed E-state index contributed by atoms with van der Waals surface area (Å²) in [5, 5.41) is 22.4. The first-order valence-corrected chi connectivity index (χ1v) is 7.61. The average Bonchev–Trinajstić information content (AvgIpc) is 2.82. The molecule has 0 radical (unpaired) electrons. The molecule has 1 aromatic heterocycles. The zero-order valence-corrected chi connectivity index (χ0v) is 13.0. The smallest absolute Gasteiger partial charge is 0.264 e. The summed E-state index contributed by atoms with van der Waals surface area (Å²) in [6.45, 7) is 3.12. The molecule has 6 heteroatoms. The highest BCUT2D eigenvalue weighted by molar-refractivity contribution is 7.21. The van der Waals surface area contributed by atoms with Gasteiger partial charge in [-0.1, -0.05) is 18.6 Å². The first-order chi connectivity index (χ1) is 9.96. The lowest BCUT2D eigenvalue weighted by atomic mass is 9.98. The van der Waals surface area contributed by atoms with E-state index in [9.17, 15) is 15.0 Å². The minimum absolute atomic E-state index is 0.324. The van der Waals surface area contributed by atoms with Gasteiger partial charge in [0.1, 0.15) is 4.88 Å². The highest BCUT2D eigenvalue weighted by Gasteiger charge is 2.30. The van der Waals surface area contributed by atoms with Gasteiger partial charge in [0.05, 0.1) is 24.4 Å². The number of rotatable bonds is 5. The van der Waals surface area contributed by atoms with Gasteiger partial charge in [-0.3, -0.25) is 4.79 Å². The van der Waals surface area contributed by atoms with Crippen molar-refractivity contribution >= 4 is 33.0 Å². The third-order valence-electron chi connectivity index (χ3n) is 3.75. The van der Waals surface area contributed by atoms with Crippen LogP contribution in [0.2, 0.25) is 0 Å². The maximum atomic E-state index is 12.4. The van der Waals surface area contributed by atoms with E-state index in [0.717, 1.165) is 15.6 Å². The van der Waals surface area contributed by atoms with Crippen molar-refractivity contribution in [2.45, 2.75) is 25.8 Å². The molecule has 21 heavy (non-hydrogen) atoms. The number of nitrogen functional groups attached to an aromatic ring is 1. The third kappa shape index (κ3) is 2.88. The van der Waals surface area contributed by atoms with Crippen LogP contribution in [0.1, 0.15) is 28.6 Å². The van der Waals surface area contributed by atoms with Gasteiger partial charge in [-0.15, -0.1) is 11.3 Å². The Morgan fingerprint density at radius 2 is 2.05 bits per heavy atom. The van der Waals surface area contributed by atoms with Gasteiger partial charge in [0.25, 0.3) is 5.91 Å². The molecule has 0 aliphatic heterocycles. The van der Waals surface area contributed by atoms with Crippen LogP contribution < -0.4 is 11.1 Å². The number of aryl methyl sites for hydroxylation is 1. The van der Waals surface area contributed by atoms with Crippen molar-refractivity contribution in [3.8, 4) is 0 Å². The van der Waals surface area contributed by atoms with E-state index in [1.165, 1.54) is 11.3 Å². The number of hydrogen-bond acceptors (Lipinski definition) is 5. The number of anilines is 1. The number of aliphatic hydroxyl groups excluding tert-OH is 2. The summed E-state index contributed by atoms with van der Waals surface area (Å²) in [7, 11) is 0. The molecule has 5 nitrogen and oxygen atoms in total. The Morgan fingerprint density at radius 1 is 1.38 bits per heavy atom. The fourth-order valence-electron chi connectivity index (χ4n) is 2.14. The molecule has 0 saturated carbocycles. The van der Waals surface area contributed by atoms with Crippen LogP contribution in [0.5, 0.6) is 0 Å². The zero-order chi connectivity index (χ0) is 15.6. The normalized spacial score (nSPS) is 11.8. The van der Waals surface area contributed by atoms with Crippen LogP contribution in [0.4, 0.5) is 5.69 Å². The van der Waals surface area contributed by atoms with E-state index in [4.69, 9.17) is 5.73 Å². The molecule has 0 aliphatic rings. The van der Waals surface area contributed by atoms with Crippen molar-refractivity contribution in [2.75, 3.05) is 18.9 Å². The highest BCUT2D eigenvalue weighted by atomic mass is 32.1. The predicted octanol–water partition coefficient (Wildman–Crippen LogP) is 1.66. The monoisotopic (exact) mass is 308 g/mol. The van der Waals surface area contributed by atoms with Crippen molar-refractivity contribution in [1.82, 2.24) is 5.32 Å². The van der Waals surface area contributed by atoms with E-state index in [1.54, 1.807) is 6.92 Å². The molecular weight excluding hydrogens is 288 g/mol. The van der Waals surface area contributed by atoms with Crippen LogP contribution in [0, 0.1) is 6.92 Å². The van der Waals surface area contributed by atoms with Crippen molar-refractivity contribution in [3.63, 3.8) is 0 Å². The van der Waals surface area contributed by atoms with Crippen LogP contribution in [-0.2, 0) is 0 Å². The second-order valence-electron chi connectivity index (χ2n) is 5.25. The Kier molecular flexibility index (Phi) is 4.51. The van der Waals surface area contributed by atoms with Gasteiger partial charge < -0.3 is 21.3 Å². The molecule has 0 unspecified atom stereocenters. The van der Waals surface area contributed by atoms with E-state index in [2.05, 4.69) is 5.32 Å². The topological polar surface area (TPSA) is 95.6 Å². The lowest BCUT2D eigenvalue weighted by Gasteiger charge is -2.29. The summed E-state index contributed by atoms with van der Waals surface area (Å²) in [5.74, 6) is -0.365. The molecule has 0 bridgehead atoms. The molecule has 1 heterocycles. The number of hydrogen-bond donors (Lipinski definition) is 4. The van der Waals surface area contributed by atoms with Crippen molar-refractivity contribution in [3.05, 3.63) is 28.6 Å². The van der Waals surface area contributed by atoms with Crippen molar-refractivity contribution in [1.29, 1.82) is 0 Å². The van der Waals surface area contributed by atoms with E-state index in [0.29, 0.717) is 17.0 Å². The van der Waals surface area contributed by atoms with E-state index < -0.39 is 5.54 Å². The van der Waals surface area contributed by atoms with E-state index in [-0.39, 0.29) is 19.1 Å². The second kappa shape index (κ2) is 6.01. The Hall–Kier alpha value is -1.63. The number of nitrogens with two attached hydrogens (primary N) is 1. The average molecular weight is 308 g/mol. The maximum Gasteiger partial charge on any atom is 0.264 e. The molecule has 1 amide bonds. The summed E-state index contributed by atoms with van der Waals surface area (Å²) in [4.78, 5) is 12.8. The summed E-state index contributed by atoms with van der Waals surface area (Å²) in [6, 6.07) is 5.86. The van der Waals surface area contributed by atoms with Crippen LogP contribution in [-0.4, -0.2) is 34.9 Å². The molecule has 5 N–H and O–H groups in total. The molecule has 2 rings (SSSR count). The highest BCUT2D eigenvalue weighted by Crippen LogP contribution is 2.34. The third-order valence-corrected chi connectivity index (χ3v) is 4.93. The van der Waals surface area contributed by atoms with Crippen LogP contribution >= 0.6 is 11.3 Å². The predicted molar refractivity (Wildman–Crippen MR) is 85.6 cm³/mol. The molecule has 0 aliphatic carbocycles. The van der Waals surface area contributed by atoms with Gasteiger partial charge in [-0.05, 0) is 25.5 Å². The number of nitrogens with one attached hydrogen (secondary N) is 1. The van der Waals surface area contributed by atoms with E-state index in [1.807, 2.05) is 25.1 Å². The molecule has 0 fully saturated rings. The standard InChI is InChI=1S/C15H20N2O3S/c1-3-15(7-18,8-19)17-14(20)13-12(16)10-6-9(2)4-5-11(10)21-13/h4-6,18-19H,3,7-8,16H2,1-2H3,(H,17,20). The molecule has 0 spiro atoms. The quantitative estimate of drug-likeness (QED) is 0.675. The SMILES string of the molecule is CCC(CO)(CO)NC(=O)c1sc2ccc(C)cc2c1N. The maximum absolute atomic E-state index is 12.4. The van der Waals surface area contributed by atoms with Gasteiger partial charge in [-0.2, -0.15) is 0 Å². The number of amides is 1. The molecule has 114 valence electrons. The fourth-order valence-corrected chi connectivity index (χ4v) is 3.14. The lowest BCUT2D eigenvalue weighted by molar-refractivity contribution is 0.0657. The van der Waals surface area contributed by atoms with Gasteiger partial charge in [-0.25, -0.2) is 0 Å². The number of fused-ring (bicyclic) bond motifs is 1. The fraction of sp³-hybridized carbons (Fsp3) is 0.400. The Morgan fingerprint density at radius 3 is 2.62 bits per heavy atom. The lowest BCUT2D eigenvalue weighted by Crippen LogP contribution is -2.53. The number of carbonyl (C=O) groups is 1. The molecule has 2 aromatic rings. The molecular formula is C15H20N2O3S. The summed E-state index contributed by atoms with van der Waals surface area (Å²) >= 11 is 1.31. The number of benzene rings is 1. The summed E-state index contributed by atoms with van der Waals surface area (Å²) < 4.78 is 0.943.